The number of imidazole rings is 1. The number of aromatic nitrogens is 3. The van der Waals surface area contributed by atoms with Crippen LogP contribution in [0.15, 0.2) is 64.9 Å². The molecule has 0 fully saturated rings. The van der Waals surface area contributed by atoms with Crippen LogP contribution < -0.4 is 10.6 Å². The van der Waals surface area contributed by atoms with E-state index in [-0.39, 0.29) is 24.0 Å². The van der Waals surface area contributed by atoms with Crippen LogP contribution in [0.2, 0.25) is 5.02 Å². The van der Waals surface area contributed by atoms with Crippen molar-refractivity contribution in [2.75, 3.05) is 18.8 Å². The summed E-state index contributed by atoms with van der Waals surface area (Å²) >= 11 is 7.71. The van der Waals surface area contributed by atoms with Crippen LogP contribution >= 0.6 is 47.3 Å². The SMILES string of the molecule is CCNC(=NCc1ccc(-n2ccnc2C)nc1)NCCSc1ccc(Cl)cc1.I. The first-order chi connectivity index (χ1) is 14.2. The number of hydrogen-bond donors (Lipinski definition) is 2. The van der Waals surface area contributed by atoms with Gasteiger partial charge in [0.25, 0.3) is 0 Å². The first-order valence-electron chi connectivity index (χ1n) is 9.51. The number of benzene rings is 1. The van der Waals surface area contributed by atoms with E-state index in [1.54, 1.807) is 18.0 Å². The molecule has 0 saturated carbocycles. The highest BCUT2D eigenvalue weighted by Crippen LogP contribution is 2.19. The van der Waals surface area contributed by atoms with Crippen molar-refractivity contribution in [2.24, 2.45) is 4.99 Å². The normalized spacial score (nSPS) is 11.1. The summed E-state index contributed by atoms with van der Waals surface area (Å²) in [5.41, 5.74) is 1.05. The number of aryl methyl sites for hydroxylation is 1. The van der Waals surface area contributed by atoms with Crippen LogP contribution in [0.3, 0.4) is 0 Å². The Morgan fingerprint density at radius 2 is 1.93 bits per heavy atom. The van der Waals surface area contributed by atoms with Gasteiger partial charge in [0.2, 0.25) is 0 Å². The second-order valence-corrected chi connectivity index (χ2v) is 7.90. The van der Waals surface area contributed by atoms with Crippen molar-refractivity contribution in [1.29, 1.82) is 0 Å². The number of nitrogens with zero attached hydrogens (tertiary/aromatic N) is 4. The largest absolute Gasteiger partial charge is 0.357 e. The average molecular weight is 557 g/mol. The average Bonchev–Trinajstić information content (AvgIpc) is 3.17. The number of aliphatic imine (C=N–C) groups is 1. The van der Waals surface area contributed by atoms with E-state index >= 15 is 0 Å². The van der Waals surface area contributed by atoms with Gasteiger partial charge in [-0.2, -0.15) is 0 Å². The monoisotopic (exact) mass is 556 g/mol. The number of rotatable bonds is 8. The fraction of sp³-hybridized carbons (Fsp3) is 0.286. The predicted molar refractivity (Wildman–Crippen MR) is 137 cm³/mol. The van der Waals surface area contributed by atoms with Crippen LogP contribution in [0.4, 0.5) is 0 Å². The Hall–Kier alpha value is -1.78. The summed E-state index contributed by atoms with van der Waals surface area (Å²) in [5, 5.41) is 7.41. The van der Waals surface area contributed by atoms with Crippen molar-refractivity contribution in [2.45, 2.75) is 25.3 Å². The maximum absolute atomic E-state index is 5.92. The molecule has 2 heterocycles. The molecular weight excluding hydrogens is 531 g/mol. The molecule has 0 bridgehead atoms. The van der Waals surface area contributed by atoms with E-state index in [4.69, 9.17) is 11.6 Å². The Balaban J connectivity index is 0.00000320. The molecule has 0 unspecified atom stereocenters. The Labute approximate surface area is 204 Å². The van der Waals surface area contributed by atoms with Gasteiger partial charge in [-0.3, -0.25) is 4.57 Å². The van der Waals surface area contributed by atoms with Crippen molar-refractivity contribution < 1.29 is 0 Å². The second kappa shape index (κ2) is 12.8. The lowest BCUT2D eigenvalue weighted by atomic mass is 10.3. The number of guanidine groups is 1. The smallest absolute Gasteiger partial charge is 0.191 e. The van der Waals surface area contributed by atoms with E-state index in [0.717, 1.165) is 47.0 Å². The van der Waals surface area contributed by atoms with Crippen molar-refractivity contribution in [3.05, 3.63) is 71.4 Å². The molecule has 0 aliphatic heterocycles. The van der Waals surface area contributed by atoms with Crippen LogP contribution in [0.1, 0.15) is 18.3 Å². The molecule has 0 atom stereocenters. The summed E-state index contributed by atoms with van der Waals surface area (Å²) in [6.07, 6.45) is 5.54. The molecule has 0 saturated heterocycles. The third-order valence-electron chi connectivity index (χ3n) is 4.12. The molecule has 0 aliphatic rings. The minimum absolute atomic E-state index is 0. The highest BCUT2D eigenvalue weighted by Gasteiger charge is 2.03. The van der Waals surface area contributed by atoms with E-state index in [1.165, 1.54) is 4.90 Å². The highest BCUT2D eigenvalue weighted by molar-refractivity contribution is 14.0. The topological polar surface area (TPSA) is 67.1 Å². The molecule has 2 N–H and O–H groups in total. The molecule has 0 radical (unpaired) electrons. The van der Waals surface area contributed by atoms with Gasteiger partial charge < -0.3 is 10.6 Å². The van der Waals surface area contributed by atoms with Gasteiger partial charge >= 0.3 is 0 Å². The van der Waals surface area contributed by atoms with Crippen LogP contribution in [-0.4, -0.2) is 39.3 Å². The first-order valence-corrected chi connectivity index (χ1v) is 10.9. The van der Waals surface area contributed by atoms with Gasteiger partial charge in [0.05, 0.1) is 6.54 Å². The second-order valence-electron chi connectivity index (χ2n) is 6.29. The summed E-state index contributed by atoms with van der Waals surface area (Å²) in [5.74, 6) is 3.51. The van der Waals surface area contributed by atoms with Crippen molar-refractivity contribution in [3.8, 4) is 5.82 Å². The van der Waals surface area contributed by atoms with Crippen LogP contribution in [0, 0.1) is 6.92 Å². The lowest BCUT2D eigenvalue weighted by molar-refractivity contribution is 0.841. The molecule has 0 spiro atoms. The Morgan fingerprint density at radius 1 is 1.13 bits per heavy atom. The number of thioether (sulfide) groups is 1. The van der Waals surface area contributed by atoms with Gasteiger partial charge in [-0.05, 0) is 49.7 Å². The van der Waals surface area contributed by atoms with E-state index < -0.39 is 0 Å². The Bertz CT molecular complexity index is 927. The van der Waals surface area contributed by atoms with Crippen LogP contribution in [0.5, 0.6) is 0 Å². The first kappa shape index (κ1) is 24.5. The molecule has 9 heteroatoms. The molecule has 160 valence electrons. The third-order valence-corrected chi connectivity index (χ3v) is 5.39. The Morgan fingerprint density at radius 3 is 2.57 bits per heavy atom. The van der Waals surface area contributed by atoms with E-state index in [0.29, 0.717) is 6.54 Å². The highest BCUT2D eigenvalue weighted by atomic mass is 127. The van der Waals surface area contributed by atoms with Crippen molar-refractivity contribution >= 4 is 53.3 Å². The van der Waals surface area contributed by atoms with Gasteiger partial charge in [-0.1, -0.05) is 17.7 Å². The fourth-order valence-electron chi connectivity index (χ4n) is 2.65. The molecule has 1 aromatic carbocycles. The lowest BCUT2D eigenvalue weighted by Gasteiger charge is -2.11. The molecule has 2 aromatic heterocycles. The number of hydrogen-bond acceptors (Lipinski definition) is 4. The summed E-state index contributed by atoms with van der Waals surface area (Å²) in [6.45, 7) is 6.21. The van der Waals surface area contributed by atoms with Gasteiger partial charge in [0.15, 0.2) is 5.96 Å². The number of nitrogens with one attached hydrogen (secondary N) is 2. The third kappa shape index (κ3) is 7.48. The van der Waals surface area contributed by atoms with E-state index in [9.17, 15) is 0 Å². The summed E-state index contributed by atoms with van der Waals surface area (Å²) in [7, 11) is 0. The van der Waals surface area contributed by atoms with Crippen molar-refractivity contribution in [3.63, 3.8) is 0 Å². The summed E-state index contributed by atoms with van der Waals surface area (Å²) < 4.78 is 1.96. The minimum Gasteiger partial charge on any atom is -0.357 e. The molecule has 6 nitrogen and oxygen atoms in total. The lowest BCUT2D eigenvalue weighted by Crippen LogP contribution is -2.38. The van der Waals surface area contributed by atoms with Gasteiger partial charge in [0, 0.05) is 47.4 Å². The zero-order valence-corrected chi connectivity index (χ0v) is 20.9. The molecule has 3 rings (SSSR count). The summed E-state index contributed by atoms with van der Waals surface area (Å²) in [6, 6.07) is 11.9. The quantitative estimate of drug-likeness (QED) is 0.139. The van der Waals surface area contributed by atoms with Crippen molar-refractivity contribution in [1.82, 2.24) is 25.2 Å². The molecule has 0 aliphatic carbocycles. The molecular formula is C21H26ClIN6S. The van der Waals surface area contributed by atoms with Gasteiger partial charge in [-0.15, -0.1) is 35.7 Å². The standard InChI is InChI=1S/C21H25ClN6S.HI/c1-3-23-21(25-11-13-29-19-7-5-18(22)6-8-19)27-15-17-4-9-20(26-14-17)28-12-10-24-16(28)2;/h4-10,12,14H,3,11,13,15H2,1-2H3,(H2,23,25,27);1H. The van der Waals surface area contributed by atoms with Crippen LogP contribution in [-0.2, 0) is 6.54 Å². The van der Waals surface area contributed by atoms with Crippen LogP contribution in [0.25, 0.3) is 5.82 Å². The molecule has 0 amide bonds. The van der Waals surface area contributed by atoms with Gasteiger partial charge in [-0.25, -0.2) is 15.0 Å². The minimum atomic E-state index is 0. The van der Waals surface area contributed by atoms with E-state index in [1.807, 2.05) is 60.3 Å². The summed E-state index contributed by atoms with van der Waals surface area (Å²) in [4.78, 5) is 14.6. The maximum Gasteiger partial charge on any atom is 0.191 e. The Kier molecular flexibility index (Phi) is 10.5. The van der Waals surface area contributed by atoms with E-state index in [2.05, 4.69) is 32.5 Å². The predicted octanol–water partition coefficient (Wildman–Crippen LogP) is 4.69. The maximum atomic E-state index is 5.92. The molecule has 3 aromatic rings. The fourth-order valence-corrected chi connectivity index (χ4v) is 3.55. The zero-order valence-electron chi connectivity index (χ0n) is 17.0. The van der Waals surface area contributed by atoms with Gasteiger partial charge in [0.1, 0.15) is 11.6 Å². The number of pyridine rings is 1. The zero-order chi connectivity index (χ0) is 20.5. The molecule has 30 heavy (non-hydrogen) atoms. The number of halogens is 2.